The van der Waals surface area contributed by atoms with Crippen molar-refractivity contribution in [2.24, 2.45) is 0 Å². The summed E-state index contributed by atoms with van der Waals surface area (Å²) in [6, 6.07) is 9.99. The van der Waals surface area contributed by atoms with E-state index in [4.69, 9.17) is 10.2 Å². The molecule has 0 radical (unpaired) electrons. The van der Waals surface area contributed by atoms with E-state index in [0.717, 1.165) is 12.8 Å². The molecule has 0 aliphatic heterocycles. The van der Waals surface area contributed by atoms with Gasteiger partial charge >= 0.3 is 0 Å². The first-order chi connectivity index (χ1) is 6.73. The van der Waals surface area contributed by atoms with Gasteiger partial charge in [-0.2, -0.15) is 0 Å². The smallest absolute Gasteiger partial charge is 0.223 e. The zero-order valence-electron chi connectivity index (χ0n) is 7.77. The third kappa shape index (κ3) is 1.93. The van der Waals surface area contributed by atoms with E-state index in [-0.39, 0.29) is 5.54 Å². The van der Waals surface area contributed by atoms with Crippen LogP contribution >= 0.6 is 0 Å². The van der Waals surface area contributed by atoms with Crippen molar-refractivity contribution in [3.8, 4) is 0 Å². The average Bonchev–Trinajstić information content (AvgIpc) is 2.97. The first-order valence-corrected chi connectivity index (χ1v) is 4.67. The van der Waals surface area contributed by atoms with Gasteiger partial charge in [0.05, 0.1) is 5.54 Å². The number of nitrogens with one attached hydrogen (secondary N) is 2. The fraction of sp³-hybridized carbons (Fsp3) is 0.400. The highest BCUT2D eigenvalue weighted by Gasteiger charge is 2.44. The Morgan fingerprint density at radius 3 is 2.29 bits per heavy atom. The molecule has 76 valence electrons. The van der Waals surface area contributed by atoms with Crippen molar-refractivity contribution in [3.05, 3.63) is 35.9 Å². The maximum atomic E-state index is 8.67. The molecule has 1 aliphatic rings. The Morgan fingerprint density at radius 2 is 1.79 bits per heavy atom. The summed E-state index contributed by atoms with van der Waals surface area (Å²) in [5.74, 6) is 0. The number of hydrogen-bond donors (Lipinski definition) is 4. The van der Waals surface area contributed by atoms with E-state index in [1.807, 2.05) is 30.3 Å². The summed E-state index contributed by atoms with van der Waals surface area (Å²) in [4.78, 5) is 0. The van der Waals surface area contributed by atoms with Gasteiger partial charge in [0.2, 0.25) is 6.41 Å². The van der Waals surface area contributed by atoms with Crippen LogP contribution in [0.1, 0.15) is 18.4 Å². The monoisotopic (exact) mass is 194 g/mol. The quantitative estimate of drug-likeness (QED) is 0.403. The summed E-state index contributed by atoms with van der Waals surface area (Å²) in [6.07, 6.45) is 0.504. The molecule has 0 spiro atoms. The second kappa shape index (κ2) is 3.67. The maximum Gasteiger partial charge on any atom is 0.223 e. The Hall–Kier alpha value is -0.940. The first-order valence-electron chi connectivity index (χ1n) is 4.67. The van der Waals surface area contributed by atoms with Crippen molar-refractivity contribution in [1.82, 2.24) is 10.9 Å². The van der Waals surface area contributed by atoms with Crippen LogP contribution in [0, 0.1) is 0 Å². The van der Waals surface area contributed by atoms with Gasteiger partial charge in [0, 0.05) is 0 Å². The molecule has 0 bridgehead atoms. The zero-order chi connectivity index (χ0) is 10.0. The summed E-state index contributed by atoms with van der Waals surface area (Å²) >= 11 is 0. The zero-order valence-corrected chi connectivity index (χ0v) is 7.77. The molecule has 1 saturated carbocycles. The first kappa shape index (κ1) is 9.61. The normalized spacial score (nSPS) is 18.5. The SMILES string of the molecule is OC(O)NNC1(c2ccccc2)CC1. The van der Waals surface area contributed by atoms with Gasteiger partial charge in [-0.25, -0.2) is 10.9 Å². The second-order valence-corrected chi connectivity index (χ2v) is 3.59. The molecule has 2 rings (SSSR count). The molecule has 4 nitrogen and oxygen atoms in total. The van der Waals surface area contributed by atoms with E-state index < -0.39 is 6.41 Å². The predicted molar refractivity (Wildman–Crippen MR) is 51.9 cm³/mol. The molecule has 0 amide bonds. The predicted octanol–water partition coefficient (Wildman–Crippen LogP) is 0.0381. The average molecular weight is 194 g/mol. The standard InChI is InChI=1S/C10H14N2O2/c13-9(14)11-12-10(6-7-10)8-4-2-1-3-5-8/h1-5,9,11-14H,6-7H2. The number of aliphatic hydroxyl groups excluding tert-OH is 1. The van der Waals surface area contributed by atoms with Gasteiger partial charge in [0.15, 0.2) is 0 Å². The van der Waals surface area contributed by atoms with Gasteiger partial charge < -0.3 is 10.2 Å². The minimum Gasteiger partial charge on any atom is -0.355 e. The fourth-order valence-corrected chi connectivity index (χ4v) is 1.57. The van der Waals surface area contributed by atoms with Crippen LogP contribution in [-0.2, 0) is 5.54 Å². The Balaban J connectivity index is 2.03. The molecule has 0 atom stereocenters. The van der Waals surface area contributed by atoms with Crippen molar-refractivity contribution >= 4 is 0 Å². The Morgan fingerprint density at radius 1 is 1.14 bits per heavy atom. The largest absolute Gasteiger partial charge is 0.355 e. The lowest BCUT2D eigenvalue weighted by atomic mass is 10.1. The molecule has 0 heterocycles. The molecule has 1 aromatic rings. The third-order valence-electron chi connectivity index (χ3n) is 2.52. The molecule has 4 heteroatoms. The lowest BCUT2D eigenvalue weighted by molar-refractivity contribution is -0.0798. The number of rotatable bonds is 4. The van der Waals surface area contributed by atoms with Crippen molar-refractivity contribution in [2.75, 3.05) is 0 Å². The van der Waals surface area contributed by atoms with Crippen LogP contribution in [-0.4, -0.2) is 16.6 Å². The van der Waals surface area contributed by atoms with E-state index in [1.165, 1.54) is 5.56 Å². The minimum atomic E-state index is -1.52. The number of hydrogen-bond acceptors (Lipinski definition) is 4. The maximum absolute atomic E-state index is 8.67. The van der Waals surface area contributed by atoms with Gasteiger partial charge in [-0.15, -0.1) is 0 Å². The van der Waals surface area contributed by atoms with Crippen LogP contribution in [0.3, 0.4) is 0 Å². The number of hydrazine groups is 1. The van der Waals surface area contributed by atoms with Gasteiger partial charge in [0.1, 0.15) is 0 Å². The van der Waals surface area contributed by atoms with Gasteiger partial charge in [-0.3, -0.25) is 0 Å². The molecule has 14 heavy (non-hydrogen) atoms. The Kier molecular flexibility index (Phi) is 2.52. The third-order valence-corrected chi connectivity index (χ3v) is 2.52. The lowest BCUT2D eigenvalue weighted by Crippen LogP contribution is -2.46. The van der Waals surface area contributed by atoms with Crippen LogP contribution in [0.25, 0.3) is 0 Å². The van der Waals surface area contributed by atoms with E-state index in [2.05, 4.69) is 10.9 Å². The van der Waals surface area contributed by atoms with Gasteiger partial charge in [-0.1, -0.05) is 30.3 Å². The summed E-state index contributed by atoms with van der Waals surface area (Å²) in [7, 11) is 0. The molecule has 0 saturated heterocycles. The highest BCUT2D eigenvalue weighted by molar-refractivity contribution is 5.29. The Labute approximate surface area is 82.5 Å². The van der Waals surface area contributed by atoms with Crippen LogP contribution < -0.4 is 10.9 Å². The van der Waals surface area contributed by atoms with Crippen LogP contribution in [0.15, 0.2) is 30.3 Å². The number of benzene rings is 1. The van der Waals surface area contributed by atoms with Crippen molar-refractivity contribution < 1.29 is 10.2 Å². The van der Waals surface area contributed by atoms with Crippen LogP contribution in [0.4, 0.5) is 0 Å². The van der Waals surface area contributed by atoms with Gasteiger partial charge in [0.25, 0.3) is 0 Å². The molecule has 0 aromatic heterocycles. The second-order valence-electron chi connectivity index (χ2n) is 3.59. The van der Waals surface area contributed by atoms with Crippen molar-refractivity contribution in [2.45, 2.75) is 24.8 Å². The van der Waals surface area contributed by atoms with Crippen molar-refractivity contribution in [1.29, 1.82) is 0 Å². The molecule has 0 unspecified atom stereocenters. The summed E-state index contributed by atoms with van der Waals surface area (Å²) in [5, 5.41) is 17.3. The molecule has 1 aromatic carbocycles. The van der Waals surface area contributed by atoms with Crippen LogP contribution in [0.2, 0.25) is 0 Å². The molecular weight excluding hydrogens is 180 g/mol. The highest BCUT2D eigenvalue weighted by Crippen LogP contribution is 2.44. The summed E-state index contributed by atoms with van der Waals surface area (Å²) in [5.41, 5.74) is 6.41. The summed E-state index contributed by atoms with van der Waals surface area (Å²) < 4.78 is 0. The molecular formula is C10H14N2O2. The highest BCUT2D eigenvalue weighted by atomic mass is 16.5. The molecule has 4 N–H and O–H groups in total. The molecule has 1 fully saturated rings. The topological polar surface area (TPSA) is 64.5 Å². The van der Waals surface area contributed by atoms with Crippen molar-refractivity contribution in [3.63, 3.8) is 0 Å². The minimum absolute atomic E-state index is 0.106. The van der Waals surface area contributed by atoms with E-state index >= 15 is 0 Å². The van der Waals surface area contributed by atoms with Gasteiger partial charge in [-0.05, 0) is 18.4 Å². The van der Waals surface area contributed by atoms with E-state index in [1.54, 1.807) is 0 Å². The van der Waals surface area contributed by atoms with Crippen LogP contribution in [0.5, 0.6) is 0 Å². The summed E-state index contributed by atoms with van der Waals surface area (Å²) in [6.45, 7) is 0. The molecule has 1 aliphatic carbocycles. The van der Waals surface area contributed by atoms with E-state index in [9.17, 15) is 0 Å². The van der Waals surface area contributed by atoms with E-state index in [0.29, 0.717) is 0 Å². The number of aliphatic hydroxyl groups is 2. The fourth-order valence-electron chi connectivity index (χ4n) is 1.57. The Bertz CT molecular complexity index is 296. The lowest BCUT2D eigenvalue weighted by Gasteiger charge is -2.19.